The monoisotopic (exact) mass is 202 g/mol. The van der Waals surface area contributed by atoms with Gasteiger partial charge in [0.2, 0.25) is 0 Å². The first-order valence-electron chi connectivity index (χ1n) is 2.51. The lowest BCUT2D eigenvalue weighted by Crippen LogP contribution is -1.91. The quantitative estimate of drug-likeness (QED) is 0.566. The third-order valence-corrected chi connectivity index (χ3v) is 1.00. The van der Waals surface area contributed by atoms with Crippen LogP contribution >= 0.6 is 23.2 Å². The van der Waals surface area contributed by atoms with Crippen LogP contribution < -0.4 is 0 Å². The van der Waals surface area contributed by atoms with E-state index in [1.807, 2.05) is 0 Å². The number of carboxylic acid groups (broad SMARTS) is 1. The molecule has 0 aromatic heterocycles. The first kappa shape index (κ1) is 13.3. The van der Waals surface area contributed by atoms with E-state index < -0.39 is 5.97 Å². The van der Waals surface area contributed by atoms with E-state index in [9.17, 15) is 4.79 Å². The molecule has 66 valence electrons. The Labute approximate surface area is 73.7 Å². The molecule has 0 aromatic carbocycles. The molecular formula is C5H8Cl2O4. The van der Waals surface area contributed by atoms with Crippen LogP contribution in [0.25, 0.3) is 0 Å². The topological polar surface area (TPSA) is 77.8 Å². The van der Waals surface area contributed by atoms with Crippen molar-refractivity contribution in [3.05, 3.63) is 10.6 Å². The second-order valence-corrected chi connectivity index (χ2v) is 1.83. The average molecular weight is 203 g/mol. The van der Waals surface area contributed by atoms with Crippen LogP contribution in [0.5, 0.6) is 0 Å². The molecule has 0 heterocycles. The Morgan fingerprint density at radius 2 is 1.73 bits per heavy atom. The summed E-state index contributed by atoms with van der Waals surface area (Å²) in [5.41, 5.74) is 0.796. The van der Waals surface area contributed by atoms with Gasteiger partial charge in [-0.2, -0.15) is 0 Å². The average Bonchev–Trinajstić information content (AvgIpc) is 2.03. The van der Waals surface area contributed by atoms with E-state index in [1.165, 1.54) is 0 Å². The molecule has 0 saturated heterocycles. The van der Waals surface area contributed by atoms with Crippen molar-refractivity contribution in [3.8, 4) is 0 Å². The van der Waals surface area contributed by atoms with Crippen molar-refractivity contribution in [2.24, 2.45) is 0 Å². The smallest absolute Gasteiger partial charge is 0.348 e. The SMILES string of the molecule is O=C(O)C(Cl)=CCl.OCCO. The molecule has 0 fully saturated rings. The molecule has 11 heavy (non-hydrogen) atoms. The Hall–Kier alpha value is -0.290. The first-order chi connectivity index (χ1) is 5.09. The predicted molar refractivity (Wildman–Crippen MR) is 41.6 cm³/mol. The second kappa shape index (κ2) is 9.71. The molecule has 0 atom stereocenters. The fourth-order valence-electron chi connectivity index (χ4n) is 0.0467. The van der Waals surface area contributed by atoms with Crippen LogP contribution in [0.2, 0.25) is 0 Å². The summed E-state index contributed by atoms with van der Waals surface area (Å²) in [6, 6.07) is 0. The highest BCUT2D eigenvalue weighted by molar-refractivity contribution is 6.45. The molecule has 6 heteroatoms. The van der Waals surface area contributed by atoms with Gasteiger partial charge in [0.15, 0.2) is 0 Å². The molecule has 0 rings (SSSR count). The minimum Gasteiger partial charge on any atom is -0.477 e. The van der Waals surface area contributed by atoms with Gasteiger partial charge in [-0.15, -0.1) is 0 Å². The van der Waals surface area contributed by atoms with Crippen molar-refractivity contribution in [3.63, 3.8) is 0 Å². The maximum atomic E-state index is 9.65. The molecule has 0 spiro atoms. The summed E-state index contributed by atoms with van der Waals surface area (Å²) in [5, 5.41) is 22.8. The van der Waals surface area contributed by atoms with E-state index in [4.69, 9.17) is 38.5 Å². The van der Waals surface area contributed by atoms with Gasteiger partial charge < -0.3 is 15.3 Å². The van der Waals surface area contributed by atoms with Crippen LogP contribution in [0.4, 0.5) is 0 Å². The summed E-state index contributed by atoms with van der Waals surface area (Å²) in [6.07, 6.45) is 0. The van der Waals surface area contributed by atoms with E-state index >= 15 is 0 Å². The van der Waals surface area contributed by atoms with Crippen LogP contribution in [0, 0.1) is 0 Å². The third kappa shape index (κ3) is 12.8. The van der Waals surface area contributed by atoms with Crippen LogP contribution in [0.3, 0.4) is 0 Å². The van der Waals surface area contributed by atoms with Crippen LogP contribution in [-0.4, -0.2) is 34.5 Å². The summed E-state index contributed by atoms with van der Waals surface area (Å²) in [7, 11) is 0. The van der Waals surface area contributed by atoms with Crippen molar-refractivity contribution in [1.29, 1.82) is 0 Å². The highest BCUT2D eigenvalue weighted by atomic mass is 35.5. The standard InChI is InChI=1S/C3H2Cl2O2.C2H6O2/c4-1-2(5)3(6)7;3-1-2-4/h1H,(H,6,7);3-4H,1-2H2. The molecule has 0 radical (unpaired) electrons. The van der Waals surface area contributed by atoms with E-state index in [1.54, 1.807) is 0 Å². The van der Waals surface area contributed by atoms with Gasteiger partial charge in [-0.25, -0.2) is 4.79 Å². The molecular weight excluding hydrogens is 195 g/mol. The van der Waals surface area contributed by atoms with E-state index in [-0.39, 0.29) is 18.2 Å². The maximum Gasteiger partial charge on any atom is 0.348 e. The number of halogens is 2. The molecule has 0 aromatic rings. The molecule has 4 nitrogen and oxygen atoms in total. The third-order valence-electron chi connectivity index (χ3n) is 0.400. The lowest BCUT2D eigenvalue weighted by molar-refractivity contribution is -0.131. The number of carboxylic acids is 1. The number of aliphatic carboxylic acids is 1. The molecule has 3 N–H and O–H groups in total. The van der Waals surface area contributed by atoms with Crippen molar-refractivity contribution in [1.82, 2.24) is 0 Å². The van der Waals surface area contributed by atoms with Gasteiger partial charge in [0.05, 0.1) is 13.2 Å². The van der Waals surface area contributed by atoms with E-state index in [0.717, 1.165) is 5.54 Å². The van der Waals surface area contributed by atoms with Crippen molar-refractivity contribution >= 4 is 29.2 Å². The van der Waals surface area contributed by atoms with Gasteiger partial charge in [0.25, 0.3) is 0 Å². The number of hydrogen-bond acceptors (Lipinski definition) is 3. The van der Waals surface area contributed by atoms with Gasteiger partial charge in [-0.1, -0.05) is 23.2 Å². The minimum atomic E-state index is -1.21. The molecule has 0 aliphatic heterocycles. The summed E-state index contributed by atoms with van der Waals surface area (Å²) in [6.45, 7) is -0.250. The minimum absolute atomic E-state index is 0.125. The molecule has 0 unspecified atom stereocenters. The zero-order valence-corrected chi connectivity index (χ0v) is 7.01. The Morgan fingerprint density at radius 1 is 1.36 bits per heavy atom. The fourth-order valence-corrected chi connectivity index (χ4v) is 0.140. The Balaban J connectivity index is 0. The molecule has 0 aliphatic rings. The normalized spacial score (nSPS) is 10.0. The fraction of sp³-hybridized carbons (Fsp3) is 0.400. The van der Waals surface area contributed by atoms with Gasteiger partial charge >= 0.3 is 5.97 Å². The molecule has 0 aliphatic carbocycles. The van der Waals surface area contributed by atoms with Crippen LogP contribution in [0.1, 0.15) is 0 Å². The Morgan fingerprint density at radius 3 is 1.73 bits per heavy atom. The number of rotatable bonds is 2. The lowest BCUT2D eigenvalue weighted by atomic mass is 10.7. The second-order valence-electron chi connectivity index (χ2n) is 1.21. The van der Waals surface area contributed by atoms with Crippen LogP contribution in [0.15, 0.2) is 10.6 Å². The predicted octanol–water partition coefficient (Wildman–Crippen LogP) is 0.361. The summed E-state index contributed by atoms with van der Waals surface area (Å²) in [4.78, 5) is 9.65. The number of aliphatic hydroxyl groups excluding tert-OH is 2. The van der Waals surface area contributed by atoms with Crippen molar-refractivity contribution < 1.29 is 20.1 Å². The molecule has 0 amide bonds. The number of carbonyl (C=O) groups is 1. The van der Waals surface area contributed by atoms with Crippen molar-refractivity contribution in [2.75, 3.05) is 13.2 Å². The summed E-state index contributed by atoms with van der Waals surface area (Å²) >= 11 is 9.80. The van der Waals surface area contributed by atoms with E-state index in [0.29, 0.717) is 0 Å². The highest BCUT2D eigenvalue weighted by Crippen LogP contribution is 2.00. The number of hydrogen-bond donors (Lipinski definition) is 3. The van der Waals surface area contributed by atoms with Crippen LogP contribution in [-0.2, 0) is 4.79 Å². The van der Waals surface area contributed by atoms with Gasteiger partial charge in [-0.05, 0) is 0 Å². The summed E-state index contributed by atoms with van der Waals surface area (Å²) in [5.74, 6) is -1.21. The van der Waals surface area contributed by atoms with Gasteiger partial charge in [-0.3, -0.25) is 0 Å². The largest absolute Gasteiger partial charge is 0.477 e. The number of aliphatic hydroxyl groups is 2. The Kier molecular flexibility index (Phi) is 11.7. The highest BCUT2D eigenvalue weighted by Gasteiger charge is 1.98. The van der Waals surface area contributed by atoms with Gasteiger partial charge in [0, 0.05) is 5.54 Å². The maximum absolute atomic E-state index is 9.65. The summed E-state index contributed by atoms with van der Waals surface area (Å²) < 4.78 is 0. The zero-order chi connectivity index (χ0) is 9.28. The Bertz CT molecular complexity index is 132. The zero-order valence-electron chi connectivity index (χ0n) is 5.50. The molecule has 0 saturated carbocycles. The van der Waals surface area contributed by atoms with Crippen molar-refractivity contribution in [2.45, 2.75) is 0 Å². The molecule has 0 bridgehead atoms. The lowest BCUT2D eigenvalue weighted by Gasteiger charge is -1.79. The van der Waals surface area contributed by atoms with E-state index in [2.05, 4.69) is 0 Å². The first-order valence-corrected chi connectivity index (χ1v) is 3.32. The van der Waals surface area contributed by atoms with Gasteiger partial charge in [0.1, 0.15) is 5.03 Å².